The Morgan fingerprint density at radius 1 is 1.07 bits per heavy atom. The number of para-hydroxylation sites is 1. The van der Waals surface area contributed by atoms with E-state index in [1.807, 2.05) is 64.1 Å². The maximum atomic E-state index is 13.2. The molecule has 2 aromatic rings. The van der Waals surface area contributed by atoms with Gasteiger partial charge in [0.2, 0.25) is 5.91 Å². The summed E-state index contributed by atoms with van der Waals surface area (Å²) in [5.41, 5.74) is 1.86. The molecule has 5 nitrogen and oxygen atoms in total. The highest BCUT2D eigenvalue weighted by Crippen LogP contribution is 2.18. The first-order valence-corrected chi connectivity index (χ1v) is 10.8. The first-order chi connectivity index (χ1) is 14.3. The maximum absolute atomic E-state index is 13.2. The molecule has 0 saturated carbocycles. The highest BCUT2D eigenvalue weighted by molar-refractivity contribution is 6.30. The summed E-state index contributed by atoms with van der Waals surface area (Å²) in [6.07, 6.45) is 1.33. The molecule has 0 heterocycles. The van der Waals surface area contributed by atoms with Crippen molar-refractivity contribution in [3.8, 4) is 5.75 Å². The van der Waals surface area contributed by atoms with Crippen LogP contribution >= 0.6 is 11.6 Å². The molecule has 2 rings (SSSR count). The summed E-state index contributed by atoms with van der Waals surface area (Å²) in [7, 11) is 0. The highest BCUT2D eigenvalue weighted by Gasteiger charge is 2.29. The van der Waals surface area contributed by atoms with Crippen molar-refractivity contribution in [1.29, 1.82) is 0 Å². The Morgan fingerprint density at radius 3 is 2.33 bits per heavy atom. The number of carbonyl (C=O) groups is 2. The van der Waals surface area contributed by atoms with Crippen LogP contribution in [-0.4, -0.2) is 35.4 Å². The number of nitrogens with zero attached hydrogens (tertiary/aromatic N) is 1. The quantitative estimate of drug-likeness (QED) is 0.591. The van der Waals surface area contributed by atoms with E-state index in [0.717, 1.165) is 17.5 Å². The van der Waals surface area contributed by atoms with E-state index in [0.29, 0.717) is 23.7 Å². The normalized spacial score (nSPS) is 12.7. The van der Waals surface area contributed by atoms with Gasteiger partial charge in [-0.25, -0.2) is 0 Å². The zero-order valence-electron chi connectivity index (χ0n) is 18.2. The Bertz CT molecular complexity index is 839. The Balaban J connectivity index is 2.21. The van der Waals surface area contributed by atoms with Crippen molar-refractivity contribution in [3.63, 3.8) is 0 Å². The predicted octanol–water partition coefficient (Wildman–Crippen LogP) is 4.75. The smallest absolute Gasteiger partial charge is 0.261 e. The zero-order valence-corrected chi connectivity index (χ0v) is 18.9. The molecule has 0 fully saturated rings. The van der Waals surface area contributed by atoms with Gasteiger partial charge in [-0.05, 0) is 56.0 Å². The molecule has 0 spiro atoms. The van der Waals surface area contributed by atoms with E-state index < -0.39 is 6.04 Å². The van der Waals surface area contributed by atoms with Crippen molar-refractivity contribution in [2.24, 2.45) is 0 Å². The molecule has 0 aromatic heterocycles. The fourth-order valence-electron chi connectivity index (χ4n) is 3.09. The second kappa shape index (κ2) is 11.6. The van der Waals surface area contributed by atoms with Crippen LogP contribution < -0.4 is 10.1 Å². The van der Waals surface area contributed by atoms with Crippen molar-refractivity contribution < 1.29 is 14.3 Å². The molecule has 6 heteroatoms. The fraction of sp³-hybridized carbons (Fsp3) is 0.417. The maximum Gasteiger partial charge on any atom is 0.261 e. The summed E-state index contributed by atoms with van der Waals surface area (Å²) < 4.78 is 5.77. The topological polar surface area (TPSA) is 58.6 Å². The third-order valence-electron chi connectivity index (χ3n) is 5.10. The molecule has 0 aliphatic heterocycles. The van der Waals surface area contributed by atoms with E-state index in [1.165, 1.54) is 0 Å². The molecule has 1 N–H and O–H groups in total. The second-order valence-corrected chi connectivity index (χ2v) is 7.88. The zero-order chi connectivity index (χ0) is 22.1. The monoisotopic (exact) mass is 430 g/mol. The summed E-state index contributed by atoms with van der Waals surface area (Å²) in [5, 5.41) is 3.62. The molecule has 2 unspecified atom stereocenters. The lowest BCUT2D eigenvalue weighted by atomic mass is 10.1. The van der Waals surface area contributed by atoms with E-state index in [9.17, 15) is 9.59 Å². The summed E-state index contributed by atoms with van der Waals surface area (Å²) in [4.78, 5) is 27.6. The van der Waals surface area contributed by atoms with Crippen molar-refractivity contribution >= 4 is 23.4 Å². The largest absolute Gasteiger partial charge is 0.484 e. The van der Waals surface area contributed by atoms with E-state index >= 15 is 0 Å². The third-order valence-corrected chi connectivity index (χ3v) is 5.35. The number of hydrogen-bond donors (Lipinski definition) is 1. The Morgan fingerprint density at radius 2 is 1.73 bits per heavy atom. The molecule has 30 heavy (non-hydrogen) atoms. The van der Waals surface area contributed by atoms with E-state index in [4.69, 9.17) is 16.3 Å². The number of amides is 2. The van der Waals surface area contributed by atoms with Crippen LogP contribution in [0, 0.1) is 6.92 Å². The van der Waals surface area contributed by atoms with Gasteiger partial charge in [-0.3, -0.25) is 9.59 Å². The lowest BCUT2D eigenvalue weighted by Crippen LogP contribution is -2.51. The Labute approximate surface area is 184 Å². The number of rotatable bonds is 10. The van der Waals surface area contributed by atoms with Crippen LogP contribution in [-0.2, 0) is 16.1 Å². The van der Waals surface area contributed by atoms with Gasteiger partial charge < -0.3 is 15.0 Å². The van der Waals surface area contributed by atoms with Crippen LogP contribution in [0.5, 0.6) is 5.75 Å². The van der Waals surface area contributed by atoms with Crippen LogP contribution in [0.1, 0.15) is 44.7 Å². The molecule has 2 aromatic carbocycles. The third kappa shape index (κ3) is 6.77. The summed E-state index contributed by atoms with van der Waals surface area (Å²) in [5.74, 6) is 0.277. The van der Waals surface area contributed by atoms with Gasteiger partial charge in [-0.1, -0.05) is 55.8 Å². The predicted molar refractivity (Wildman–Crippen MR) is 121 cm³/mol. The minimum absolute atomic E-state index is 0.0438. The van der Waals surface area contributed by atoms with Gasteiger partial charge in [-0.15, -0.1) is 0 Å². The number of benzene rings is 2. The van der Waals surface area contributed by atoms with E-state index in [2.05, 4.69) is 5.32 Å². The number of aryl methyl sites for hydroxylation is 1. The number of ether oxygens (including phenoxy) is 1. The summed E-state index contributed by atoms with van der Waals surface area (Å²) in [6, 6.07) is 14.3. The SMILES string of the molecule is CCC(C)NC(=O)C(CC)N(Cc1ccc(Cl)cc1)C(=O)COc1ccccc1C. The minimum atomic E-state index is -0.581. The molecule has 0 radical (unpaired) electrons. The van der Waals surface area contributed by atoms with Crippen LogP contribution in [0.2, 0.25) is 5.02 Å². The molecule has 0 aliphatic carbocycles. The minimum Gasteiger partial charge on any atom is -0.484 e. The van der Waals surface area contributed by atoms with Crippen LogP contribution in [0.25, 0.3) is 0 Å². The number of halogens is 1. The molecular weight excluding hydrogens is 400 g/mol. The highest BCUT2D eigenvalue weighted by atomic mass is 35.5. The van der Waals surface area contributed by atoms with Gasteiger partial charge in [0.1, 0.15) is 11.8 Å². The number of nitrogens with one attached hydrogen (secondary N) is 1. The first-order valence-electron chi connectivity index (χ1n) is 10.4. The molecular formula is C24H31ClN2O3. The standard InChI is InChI=1S/C24H31ClN2O3/c1-5-18(4)26-24(29)21(6-2)27(15-19-11-13-20(25)14-12-19)23(28)16-30-22-10-8-7-9-17(22)3/h7-14,18,21H,5-6,15-16H2,1-4H3,(H,26,29). The number of carbonyl (C=O) groups excluding carboxylic acids is 2. The van der Waals surface area contributed by atoms with Crippen LogP contribution in [0.4, 0.5) is 0 Å². The van der Waals surface area contributed by atoms with Crippen molar-refractivity contribution in [1.82, 2.24) is 10.2 Å². The first kappa shape index (κ1) is 23.7. The van der Waals surface area contributed by atoms with Gasteiger partial charge in [0.05, 0.1) is 0 Å². The molecule has 2 amide bonds. The van der Waals surface area contributed by atoms with Crippen LogP contribution in [0.3, 0.4) is 0 Å². The molecule has 0 aliphatic rings. The van der Waals surface area contributed by atoms with Gasteiger partial charge >= 0.3 is 0 Å². The average molecular weight is 431 g/mol. The van der Waals surface area contributed by atoms with Gasteiger partial charge in [0, 0.05) is 17.6 Å². The molecule has 0 saturated heterocycles. The lowest BCUT2D eigenvalue weighted by molar-refractivity contribution is -0.143. The molecule has 162 valence electrons. The summed E-state index contributed by atoms with van der Waals surface area (Å²) >= 11 is 5.99. The Hall–Kier alpha value is -2.53. The fourth-order valence-corrected chi connectivity index (χ4v) is 3.21. The summed E-state index contributed by atoms with van der Waals surface area (Å²) in [6.45, 7) is 7.98. The van der Waals surface area contributed by atoms with E-state index in [1.54, 1.807) is 17.0 Å². The average Bonchev–Trinajstić information content (AvgIpc) is 2.74. The van der Waals surface area contributed by atoms with Gasteiger partial charge in [-0.2, -0.15) is 0 Å². The molecule has 0 bridgehead atoms. The Kier molecular flexibility index (Phi) is 9.18. The second-order valence-electron chi connectivity index (χ2n) is 7.44. The van der Waals surface area contributed by atoms with E-state index in [-0.39, 0.29) is 24.5 Å². The van der Waals surface area contributed by atoms with Crippen molar-refractivity contribution in [3.05, 3.63) is 64.7 Å². The van der Waals surface area contributed by atoms with Crippen molar-refractivity contribution in [2.45, 2.75) is 59.2 Å². The molecule has 2 atom stereocenters. The number of hydrogen-bond acceptors (Lipinski definition) is 3. The van der Waals surface area contributed by atoms with Crippen molar-refractivity contribution in [2.75, 3.05) is 6.61 Å². The van der Waals surface area contributed by atoms with Gasteiger partial charge in [0.25, 0.3) is 5.91 Å². The lowest BCUT2D eigenvalue weighted by Gasteiger charge is -2.31. The van der Waals surface area contributed by atoms with Gasteiger partial charge in [0.15, 0.2) is 6.61 Å². The van der Waals surface area contributed by atoms with Crippen LogP contribution in [0.15, 0.2) is 48.5 Å².